The number of likely N-dealkylation sites (N-methyl/N-ethyl adjacent to an activating group) is 1. The van der Waals surface area contributed by atoms with Gasteiger partial charge in [-0.2, -0.15) is 0 Å². The van der Waals surface area contributed by atoms with Crippen LogP contribution in [0.25, 0.3) is 0 Å². The molecule has 0 aromatic carbocycles. The zero-order valence-corrected chi connectivity index (χ0v) is 44.0. The SMILES string of the molecule is CCCCCCCC/C(Br)=C(\Br)CCCCCCCCOC[C@H](COP(=O)(O)OCC[N+](C)(C)C)OC(=O)CCCCCCC/C(Br)=C(\Br)CCCCCCCC. The molecule has 57 heavy (non-hydrogen) atoms. The Labute approximate surface area is 383 Å². The number of ether oxygens (including phenoxy) is 2. The fourth-order valence-electron chi connectivity index (χ4n) is 6.16. The summed E-state index contributed by atoms with van der Waals surface area (Å²) in [7, 11) is 1.63. The molecule has 0 saturated heterocycles. The first-order valence-corrected chi connectivity index (χ1v) is 27.1. The van der Waals surface area contributed by atoms with E-state index in [0.29, 0.717) is 24.1 Å². The predicted molar refractivity (Wildman–Crippen MR) is 256 cm³/mol. The summed E-state index contributed by atoms with van der Waals surface area (Å²) in [6, 6.07) is 0. The number of allylic oxidation sites excluding steroid dienone is 4. The lowest BCUT2D eigenvalue weighted by Crippen LogP contribution is -2.37. The highest BCUT2D eigenvalue weighted by Gasteiger charge is 2.26. The minimum Gasteiger partial charge on any atom is -0.457 e. The first-order valence-electron chi connectivity index (χ1n) is 22.5. The van der Waals surface area contributed by atoms with Crippen molar-refractivity contribution in [2.75, 3.05) is 54.1 Å². The molecule has 0 aromatic heterocycles. The van der Waals surface area contributed by atoms with Crippen LogP contribution in [0.2, 0.25) is 0 Å². The molecular formula is C44H83Br4NO7P+. The molecule has 1 N–H and O–H groups in total. The molecule has 1 unspecified atom stereocenters. The Bertz CT molecular complexity index is 1100. The van der Waals surface area contributed by atoms with E-state index in [1.807, 2.05) is 21.1 Å². The van der Waals surface area contributed by atoms with E-state index in [1.165, 1.54) is 114 Å². The number of rotatable bonds is 41. The van der Waals surface area contributed by atoms with Gasteiger partial charge in [0.2, 0.25) is 0 Å². The molecule has 0 fully saturated rings. The van der Waals surface area contributed by atoms with Gasteiger partial charge < -0.3 is 18.9 Å². The maximum Gasteiger partial charge on any atom is 0.472 e. The maximum absolute atomic E-state index is 12.8. The Kier molecular flexibility index (Phi) is 39.2. The molecular weight excluding hydrogens is 1010 g/mol. The van der Waals surface area contributed by atoms with Gasteiger partial charge in [-0.3, -0.25) is 13.8 Å². The van der Waals surface area contributed by atoms with E-state index in [1.54, 1.807) is 0 Å². The number of esters is 1. The Morgan fingerprint density at radius 1 is 0.526 bits per heavy atom. The zero-order valence-electron chi connectivity index (χ0n) is 36.7. The molecule has 0 saturated carbocycles. The van der Waals surface area contributed by atoms with Crippen molar-refractivity contribution in [2.45, 2.75) is 200 Å². The maximum atomic E-state index is 12.8. The molecule has 2 atom stereocenters. The number of hydrogen-bond donors (Lipinski definition) is 1. The molecule has 0 bridgehead atoms. The van der Waals surface area contributed by atoms with Crippen LogP contribution in [-0.2, 0) is 27.9 Å². The van der Waals surface area contributed by atoms with Crippen LogP contribution in [-0.4, -0.2) is 75.6 Å². The van der Waals surface area contributed by atoms with Gasteiger partial charge in [-0.05, 0) is 64.2 Å². The average Bonchev–Trinajstić information content (AvgIpc) is 3.15. The van der Waals surface area contributed by atoms with Gasteiger partial charge in [-0.15, -0.1) is 0 Å². The van der Waals surface area contributed by atoms with Crippen molar-refractivity contribution in [3.8, 4) is 0 Å². The van der Waals surface area contributed by atoms with Crippen molar-refractivity contribution >= 4 is 77.5 Å². The Morgan fingerprint density at radius 2 is 0.895 bits per heavy atom. The quantitative estimate of drug-likeness (QED) is 0.0282. The lowest BCUT2D eigenvalue weighted by molar-refractivity contribution is -0.870. The second-order valence-electron chi connectivity index (χ2n) is 16.6. The summed E-state index contributed by atoms with van der Waals surface area (Å²) >= 11 is 15.1. The molecule has 0 radical (unpaired) electrons. The number of phosphoric ester groups is 1. The smallest absolute Gasteiger partial charge is 0.457 e. The number of carbonyl (C=O) groups excluding carboxylic acids is 1. The Hall–Kier alpha value is 0.900. The number of quaternary nitrogens is 1. The topological polar surface area (TPSA) is 91.3 Å². The lowest BCUT2D eigenvalue weighted by atomic mass is 10.1. The van der Waals surface area contributed by atoms with E-state index in [2.05, 4.69) is 77.6 Å². The van der Waals surface area contributed by atoms with Crippen molar-refractivity contribution < 1.29 is 37.3 Å². The van der Waals surface area contributed by atoms with Crippen molar-refractivity contribution in [1.82, 2.24) is 0 Å². The zero-order chi connectivity index (χ0) is 42.6. The number of hydrogen-bond acceptors (Lipinski definition) is 6. The van der Waals surface area contributed by atoms with Crippen molar-refractivity contribution in [1.29, 1.82) is 0 Å². The summed E-state index contributed by atoms with van der Waals surface area (Å²) < 4.78 is 40.3. The third-order valence-electron chi connectivity index (χ3n) is 9.84. The summed E-state index contributed by atoms with van der Waals surface area (Å²) in [4.78, 5) is 23.0. The first kappa shape index (κ1) is 57.9. The van der Waals surface area contributed by atoms with E-state index < -0.39 is 13.9 Å². The monoisotopic (exact) mass is 1080 g/mol. The van der Waals surface area contributed by atoms with Crippen LogP contribution in [0.3, 0.4) is 0 Å². The van der Waals surface area contributed by atoms with E-state index in [9.17, 15) is 14.3 Å². The van der Waals surface area contributed by atoms with Crippen molar-refractivity contribution in [2.24, 2.45) is 0 Å². The third kappa shape index (κ3) is 39.5. The Morgan fingerprint density at radius 3 is 1.30 bits per heavy atom. The summed E-state index contributed by atoms with van der Waals surface area (Å²) in [5, 5.41) is 0. The van der Waals surface area contributed by atoms with Crippen LogP contribution < -0.4 is 0 Å². The largest absolute Gasteiger partial charge is 0.472 e. The summed E-state index contributed by atoms with van der Waals surface area (Å²) in [6.45, 7) is 5.51. The first-order chi connectivity index (χ1) is 27.2. The summed E-state index contributed by atoms with van der Waals surface area (Å²) in [5.41, 5.74) is 0. The van der Waals surface area contributed by atoms with Gasteiger partial charge in [0.15, 0.2) is 0 Å². The molecule has 8 nitrogen and oxygen atoms in total. The second-order valence-corrected chi connectivity index (χ2v) is 21.9. The van der Waals surface area contributed by atoms with Gasteiger partial charge in [0.25, 0.3) is 0 Å². The van der Waals surface area contributed by atoms with Gasteiger partial charge >= 0.3 is 13.8 Å². The number of carbonyl (C=O) groups is 1. The molecule has 0 spiro atoms. The van der Waals surface area contributed by atoms with E-state index in [-0.39, 0.29) is 25.8 Å². The van der Waals surface area contributed by atoms with E-state index in [4.69, 9.17) is 18.5 Å². The molecule has 0 amide bonds. The van der Waals surface area contributed by atoms with Gasteiger partial charge in [0, 0.05) is 31.0 Å². The Balaban J connectivity index is 4.49. The molecule has 0 aliphatic rings. The van der Waals surface area contributed by atoms with Crippen LogP contribution in [0.1, 0.15) is 194 Å². The minimum absolute atomic E-state index is 0.0761. The molecule has 0 aliphatic carbocycles. The molecule has 0 rings (SSSR count). The third-order valence-corrected chi connectivity index (χ3v) is 15.4. The number of unbranched alkanes of at least 4 members (excludes halogenated alkanes) is 19. The summed E-state index contributed by atoms with van der Waals surface area (Å²) in [6.07, 6.45) is 31.2. The van der Waals surface area contributed by atoms with E-state index >= 15 is 0 Å². The number of nitrogens with zero attached hydrogens (tertiary/aromatic N) is 1. The van der Waals surface area contributed by atoms with Crippen molar-refractivity contribution in [3.05, 3.63) is 17.9 Å². The van der Waals surface area contributed by atoms with Gasteiger partial charge in [-0.25, -0.2) is 4.57 Å². The lowest BCUT2D eigenvalue weighted by Gasteiger charge is -2.24. The molecule has 0 aliphatic heterocycles. The summed E-state index contributed by atoms with van der Waals surface area (Å²) in [5.74, 6) is -0.342. The fourth-order valence-corrected chi connectivity index (χ4v) is 8.81. The van der Waals surface area contributed by atoms with Crippen LogP contribution in [0.4, 0.5) is 0 Å². The molecule has 0 heterocycles. The number of halogens is 4. The van der Waals surface area contributed by atoms with Gasteiger partial charge in [0.05, 0.1) is 34.4 Å². The second kappa shape index (κ2) is 38.6. The predicted octanol–water partition coefficient (Wildman–Crippen LogP) is 15.7. The number of phosphoric acid groups is 1. The fraction of sp³-hybridized carbons (Fsp3) is 0.886. The highest BCUT2D eigenvalue weighted by atomic mass is 79.9. The highest BCUT2D eigenvalue weighted by Crippen LogP contribution is 2.43. The van der Waals surface area contributed by atoms with Crippen LogP contribution in [0.15, 0.2) is 17.9 Å². The molecule has 338 valence electrons. The van der Waals surface area contributed by atoms with Crippen molar-refractivity contribution in [3.63, 3.8) is 0 Å². The van der Waals surface area contributed by atoms with Crippen LogP contribution >= 0.6 is 71.5 Å². The van der Waals surface area contributed by atoms with Gasteiger partial charge in [-0.1, -0.05) is 187 Å². The normalized spacial score (nSPS) is 14.6. The van der Waals surface area contributed by atoms with Crippen LogP contribution in [0.5, 0.6) is 0 Å². The standard InChI is InChI=1S/C44H82Br4NO7P/c1-6-8-10-12-17-23-29-40(45)42(47)31-25-19-14-15-22-28-35-53-37-39(38-55-57(51,52)54-36-34-49(3,4)5)56-44(50)33-27-21-16-20-26-32-43(48)41(46)30-24-18-13-11-9-7-2/h39H,6-38H2,1-5H3/p+1/b42-40+,43-41+/t39-/m1/s1. The average molecular weight is 1090 g/mol. The minimum atomic E-state index is -4.30. The molecule has 13 heteroatoms. The van der Waals surface area contributed by atoms with Crippen LogP contribution in [0, 0.1) is 0 Å². The highest BCUT2D eigenvalue weighted by molar-refractivity contribution is 9.14. The van der Waals surface area contributed by atoms with Gasteiger partial charge in [0.1, 0.15) is 19.3 Å². The molecule has 0 aromatic rings. The van der Waals surface area contributed by atoms with E-state index in [0.717, 1.165) is 77.0 Å².